The van der Waals surface area contributed by atoms with Crippen molar-refractivity contribution in [2.75, 3.05) is 26.2 Å². The summed E-state index contributed by atoms with van der Waals surface area (Å²) in [6.45, 7) is 11.2. The van der Waals surface area contributed by atoms with Crippen molar-refractivity contribution in [3.63, 3.8) is 0 Å². The van der Waals surface area contributed by atoms with Gasteiger partial charge in [-0.1, -0.05) is 27.2 Å². The van der Waals surface area contributed by atoms with Gasteiger partial charge in [-0.3, -0.25) is 4.90 Å². The molecule has 78 valence electrons. The van der Waals surface area contributed by atoms with Gasteiger partial charge >= 0.3 is 0 Å². The van der Waals surface area contributed by atoms with E-state index in [1.807, 2.05) is 0 Å². The molecule has 0 amide bonds. The minimum absolute atomic E-state index is 0.498. The fourth-order valence-electron chi connectivity index (χ4n) is 1.96. The molecule has 0 saturated carbocycles. The van der Waals surface area contributed by atoms with Gasteiger partial charge in [-0.2, -0.15) is 0 Å². The highest BCUT2D eigenvalue weighted by molar-refractivity contribution is 4.71. The van der Waals surface area contributed by atoms with Crippen LogP contribution in [-0.2, 0) is 4.74 Å². The molecule has 1 aliphatic heterocycles. The van der Waals surface area contributed by atoms with Crippen molar-refractivity contribution < 1.29 is 4.74 Å². The van der Waals surface area contributed by atoms with E-state index in [4.69, 9.17) is 4.74 Å². The highest BCUT2D eigenvalue weighted by Crippen LogP contribution is 2.11. The largest absolute Gasteiger partial charge is 0.376 e. The molecule has 1 aliphatic rings. The maximum Gasteiger partial charge on any atom is 0.0702 e. The molecule has 1 fully saturated rings. The van der Waals surface area contributed by atoms with Gasteiger partial charge in [-0.25, -0.2) is 0 Å². The average molecular weight is 185 g/mol. The first-order chi connectivity index (χ1) is 6.22. The smallest absolute Gasteiger partial charge is 0.0702 e. The van der Waals surface area contributed by atoms with Crippen molar-refractivity contribution in [1.29, 1.82) is 0 Å². The van der Waals surface area contributed by atoms with Gasteiger partial charge in [0.05, 0.1) is 12.7 Å². The monoisotopic (exact) mass is 185 g/mol. The van der Waals surface area contributed by atoms with E-state index < -0.39 is 0 Å². The van der Waals surface area contributed by atoms with Crippen LogP contribution in [0.2, 0.25) is 0 Å². The molecule has 0 N–H and O–H groups in total. The van der Waals surface area contributed by atoms with Crippen LogP contribution in [-0.4, -0.2) is 37.2 Å². The first-order valence-electron chi connectivity index (χ1n) is 5.56. The summed E-state index contributed by atoms with van der Waals surface area (Å²) in [5, 5.41) is 0. The number of hydrogen-bond donors (Lipinski definition) is 0. The van der Waals surface area contributed by atoms with Gasteiger partial charge in [0.1, 0.15) is 0 Å². The summed E-state index contributed by atoms with van der Waals surface area (Å²) in [6.07, 6.45) is 2.95. The lowest BCUT2D eigenvalue weighted by Crippen LogP contribution is -2.43. The van der Waals surface area contributed by atoms with Crippen LogP contribution >= 0.6 is 0 Å². The van der Waals surface area contributed by atoms with Gasteiger partial charge in [0.15, 0.2) is 0 Å². The first kappa shape index (κ1) is 11.0. The number of ether oxygens (including phenoxy) is 1. The standard InChI is InChI=1S/C11H23NO/c1-4-5-11-9-12(6-7-13-11)8-10(2)3/h10-11H,4-9H2,1-3H3/t11-/m0/s1. The van der Waals surface area contributed by atoms with Gasteiger partial charge in [0.2, 0.25) is 0 Å². The van der Waals surface area contributed by atoms with Crippen LogP contribution < -0.4 is 0 Å². The van der Waals surface area contributed by atoms with Crippen LogP contribution in [0.5, 0.6) is 0 Å². The Morgan fingerprint density at radius 2 is 2.23 bits per heavy atom. The molecule has 1 saturated heterocycles. The fraction of sp³-hybridized carbons (Fsp3) is 1.00. The molecular weight excluding hydrogens is 162 g/mol. The molecule has 2 heteroatoms. The lowest BCUT2D eigenvalue weighted by Gasteiger charge is -2.33. The van der Waals surface area contributed by atoms with E-state index in [2.05, 4.69) is 25.7 Å². The molecular formula is C11H23NO. The quantitative estimate of drug-likeness (QED) is 0.665. The molecule has 2 nitrogen and oxygen atoms in total. The van der Waals surface area contributed by atoms with E-state index in [9.17, 15) is 0 Å². The Hall–Kier alpha value is -0.0800. The Bertz CT molecular complexity index is 134. The molecule has 13 heavy (non-hydrogen) atoms. The van der Waals surface area contributed by atoms with Crippen molar-refractivity contribution in [3.05, 3.63) is 0 Å². The Morgan fingerprint density at radius 3 is 2.85 bits per heavy atom. The van der Waals surface area contributed by atoms with Gasteiger partial charge in [0, 0.05) is 19.6 Å². The minimum atomic E-state index is 0.498. The summed E-state index contributed by atoms with van der Waals surface area (Å²) < 4.78 is 5.69. The molecule has 0 bridgehead atoms. The SMILES string of the molecule is CCC[C@H]1CN(CC(C)C)CCO1. The zero-order valence-corrected chi connectivity index (χ0v) is 9.25. The second-order valence-electron chi connectivity index (χ2n) is 4.43. The summed E-state index contributed by atoms with van der Waals surface area (Å²) >= 11 is 0. The summed E-state index contributed by atoms with van der Waals surface area (Å²) in [6, 6.07) is 0. The second-order valence-corrected chi connectivity index (χ2v) is 4.43. The van der Waals surface area contributed by atoms with Crippen LogP contribution in [0.1, 0.15) is 33.6 Å². The third-order valence-corrected chi connectivity index (χ3v) is 2.46. The molecule has 0 aromatic carbocycles. The fourth-order valence-corrected chi connectivity index (χ4v) is 1.96. The third-order valence-electron chi connectivity index (χ3n) is 2.46. The number of rotatable bonds is 4. The molecule has 0 aromatic rings. The van der Waals surface area contributed by atoms with E-state index in [0.717, 1.165) is 25.6 Å². The number of hydrogen-bond acceptors (Lipinski definition) is 2. The highest BCUT2D eigenvalue weighted by Gasteiger charge is 2.19. The molecule has 0 unspecified atom stereocenters. The van der Waals surface area contributed by atoms with E-state index >= 15 is 0 Å². The maximum absolute atomic E-state index is 5.69. The predicted molar refractivity (Wildman–Crippen MR) is 55.9 cm³/mol. The number of nitrogens with zero attached hydrogens (tertiary/aromatic N) is 1. The maximum atomic E-state index is 5.69. The van der Waals surface area contributed by atoms with Gasteiger partial charge < -0.3 is 4.74 Å². The Kier molecular flexibility index (Phi) is 4.74. The van der Waals surface area contributed by atoms with Gasteiger partial charge in [-0.05, 0) is 12.3 Å². The zero-order chi connectivity index (χ0) is 9.68. The van der Waals surface area contributed by atoms with Crippen molar-refractivity contribution in [3.8, 4) is 0 Å². The molecule has 0 radical (unpaired) electrons. The van der Waals surface area contributed by atoms with Crippen molar-refractivity contribution in [2.24, 2.45) is 5.92 Å². The van der Waals surface area contributed by atoms with E-state index in [1.54, 1.807) is 0 Å². The van der Waals surface area contributed by atoms with Gasteiger partial charge in [-0.15, -0.1) is 0 Å². The van der Waals surface area contributed by atoms with Crippen LogP contribution in [0.4, 0.5) is 0 Å². The average Bonchev–Trinajstić information content (AvgIpc) is 2.04. The zero-order valence-electron chi connectivity index (χ0n) is 9.25. The molecule has 0 aromatic heterocycles. The summed E-state index contributed by atoms with van der Waals surface area (Å²) in [5.74, 6) is 0.778. The molecule has 0 spiro atoms. The lowest BCUT2D eigenvalue weighted by molar-refractivity contribution is -0.0352. The Morgan fingerprint density at radius 1 is 1.46 bits per heavy atom. The predicted octanol–water partition coefficient (Wildman–Crippen LogP) is 2.14. The van der Waals surface area contributed by atoms with Gasteiger partial charge in [0.25, 0.3) is 0 Å². The second kappa shape index (κ2) is 5.61. The topological polar surface area (TPSA) is 12.5 Å². The molecule has 1 rings (SSSR count). The van der Waals surface area contributed by atoms with E-state index in [1.165, 1.54) is 19.4 Å². The van der Waals surface area contributed by atoms with Crippen LogP contribution in [0.25, 0.3) is 0 Å². The third kappa shape index (κ3) is 4.10. The summed E-state index contributed by atoms with van der Waals surface area (Å²) in [4.78, 5) is 2.54. The highest BCUT2D eigenvalue weighted by atomic mass is 16.5. The Balaban J connectivity index is 2.24. The van der Waals surface area contributed by atoms with E-state index in [0.29, 0.717) is 6.10 Å². The van der Waals surface area contributed by atoms with Crippen molar-refractivity contribution >= 4 is 0 Å². The first-order valence-corrected chi connectivity index (χ1v) is 5.56. The van der Waals surface area contributed by atoms with Crippen LogP contribution in [0.3, 0.4) is 0 Å². The summed E-state index contributed by atoms with van der Waals surface area (Å²) in [7, 11) is 0. The minimum Gasteiger partial charge on any atom is -0.376 e. The normalized spacial score (nSPS) is 25.4. The van der Waals surface area contributed by atoms with Crippen molar-refractivity contribution in [2.45, 2.75) is 39.7 Å². The molecule has 0 aliphatic carbocycles. The van der Waals surface area contributed by atoms with Crippen molar-refractivity contribution in [1.82, 2.24) is 4.90 Å². The van der Waals surface area contributed by atoms with E-state index in [-0.39, 0.29) is 0 Å². The van der Waals surface area contributed by atoms with Crippen LogP contribution in [0, 0.1) is 5.92 Å². The lowest BCUT2D eigenvalue weighted by atomic mass is 10.1. The molecule has 1 atom stereocenters. The number of morpholine rings is 1. The molecule has 1 heterocycles. The summed E-state index contributed by atoms with van der Waals surface area (Å²) in [5.41, 5.74) is 0. The van der Waals surface area contributed by atoms with Crippen LogP contribution in [0.15, 0.2) is 0 Å². The Labute approximate surface area is 82.3 Å².